The third-order valence-electron chi connectivity index (χ3n) is 3.29. The van der Waals surface area contributed by atoms with Crippen molar-refractivity contribution in [3.05, 3.63) is 35.9 Å². The molecule has 0 aliphatic rings. The summed E-state index contributed by atoms with van der Waals surface area (Å²) < 4.78 is 0. The van der Waals surface area contributed by atoms with Crippen LogP contribution in [-0.4, -0.2) is 28.0 Å². The van der Waals surface area contributed by atoms with Gasteiger partial charge in [-0.25, -0.2) is 5.48 Å². The van der Waals surface area contributed by atoms with Gasteiger partial charge in [0.25, 0.3) is 0 Å². The zero-order valence-electron chi connectivity index (χ0n) is 13.7. The standard InChI is InChI=1S/C17H26N2O3S/c1-13(2)10-15(11-17(21)19-22)23-9-8-16(20)18-12-14-6-4-3-5-7-14/h3-7,13,15,22H,8-12H2,1-2H3,(H,18,20)(H,19,21). The number of hydrogen-bond donors (Lipinski definition) is 3. The van der Waals surface area contributed by atoms with Crippen LogP contribution in [0.25, 0.3) is 0 Å². The van der Waals surface area contributed by atoms with Crippen molar-refractivity contribution < 1.29 is 14.8 Å². The Morgan fingerprint density at radius 1 is 1.17 bits per heavy atom. The van der Waals surface area contributed by atoms with Crippen LogP contribution in [0, 0.1) is 5.92 Å². The fourth-order valence-corrected chi connectivity index (χ4v) is 3.62. The summed E-state index contributed by atoms with van der Waals surface area (Å²) in [6.07, 6.45) is 1.57. The van der Waals surface area contributed by atoms with Gasteiger partial charge in [0.2, 0.25) is 11.8 Å². The molecule has 1 aromatic carbocycles. The molecule has 1 atom stereocenters. The predicted octanol–water partition coefficient (Wildman–Crippen LogP) is 2.74. The molecule has 0 aliphatic heterocycles. The van der Waals surface area contributed by atoms with Crippen molar-refractivity contribution in [1.82, 2.24) is 10.8 Å². The van der Waals surface area contributed by atoms with E-state index in [2.05, 4.69) is 19.2 Å². The molecule has 1 rings (SSSR count). The molecular weight excluding hydrogens is 312 g/mol. The van der Waals surface area contributed by atoms with Crippen molar-refractivity contribution in [2.45, 2.75) is 44.9 Å². The van der Waals surface area contributed by atoms with Gasteiger partial charge in [-0.05, 0) is 17.9 Å². The van der Waals surface area contributed by atoms with Crippen molar-refractivity contribution in [2.75, 3.05) is 5.75 Å². The molecule has 0 aromatic heterocycles. The number of nitrogens with one attached hydrogen (secondary N) is 2. The summed E-state index contributed by atoms with van der Waals surface area (Å²) in [5.41, 5.74) is 2.75. The first kappa shape index (κ1) is 19.5. The van der Waals surface area contributed by atoms with Gasteiger partial charge in [0.1, 0.15) is 0 Å². The summed E-state index contributed by atoms with van der Waals surface area (Å²) in [5.74, 6) is 0.760. The lowest BCUT2D eigenvalue weighted by Crippen LogP contribution is -2.25. The van der Waals surface area contributed by atoms with E-state index in [9.17, 15) is 9.59 Å². The van der Waals surface area contributed by atoms with E-state index < -0.39 is 0 Å². The summed E-state index contributed by atoms with van der Waals surface area (Å²) >= 11 is 1.61. The molecule has 0 saturated carbocycles. The maximum absolute atomic E-state index is 11.9. The zero-order chi connectivity index (χ0) is 17.1. The van der Waals surface area contributed by atoms with Gasteiger partial charge < -0.3 is 5.32 Å². The number of hydrogen-bond acceptors (Lipinski definition) is 4. The highest BCUT2D eigenvalue weighted by atomic mass is 32.2. The summed E-state index contributed by atoms with van der Waals surface area (Å²) in [4.78, 5) is 23.2. The number of rotatable bonds is 10. The molecule has 2 amide bonds. The van der Waals surface area contributed by atoms with Crippen LogP contribution < -0.4 is 10.8 Å². The molecule has 3 N–H and O–H groups in total. The highest BCUT2D eigenvalue weighted by Gasteiger charge is 2.16. The third-order valence-corrected chi connectivity index (χ3v) is 4.56. The van der Waals surface area contributed by atoms with Crippen molar-refractivity contribution >= 4 is 23.6 Å². The van der Waals surface area contributed by atoms with Crippen molar-refractivity contribution in [1.29, 1.82) is 0 Å². The van der Waals surface area contributed by atoms with Crippen molar-refractivity contribution in [3.63, 3.8) is 0 Å². The number of amides is 2. The number of carbonyl (C=O) groups excluding carboxylic acids is 2. The van der Waals surface area contributed by atoms with E-state index in [0.29, 0.717) is 24.6 Å². The molecule has 0 radical (unpaired) electrons. The van der Waals surface area contributed by atoms with E-state index in [1.165, 1.54) is 0 Å². The van der Waals surface area contributed by atoms with E-state index in [-0.39, 0.29) is 23.5 Å². The van der Waals surface area contributed by atoms with Gasteiger partial charge in [0.05, 0.1) is 0 Å². The maximum atomic E-state index is 11.9. The first-order chi connectivity index (χ1) is 11.0. The van der Waals surface area contributed by atoms with Crippen LogP contribution in [0.4, 0.5) is 0 Å². The Balaban J connectivity index is 2.28. The fraction of sp³-hybridized carbons (Fsp3) is 0.529. The van der Waals surface area contributed by atoms with Gasteiger partial charge in [0.15, 0.2) is 0 Å². The van der Waals surface area contributed by atoms with Crippen LogP contribution in [0.3, 0.4) is 0 Å². The van der Waals surface area contributed by atoms with Gasteiger partial charge in [0, 0.05) is 30.4 Å². The molecule has 6 heteroatoms. The Morgan fingerprint density at radius 2 is 1.87 bits per heavy atom. The fourth-order valence-electron chi connectivity index (χ4n) is 2.19. The maximum Gasteiger partial charge on any atom is 0.244 e. The van der Waals surface area contributed by atoms with E-state index in [4.69, 9.17) is 5.21 Å². The van der Waals surface area contributed by atoms with Gasteiger partial charge >= 0.3 is 0 Å². The van der Waals surface area contributed by atoms with Crippen LogP contribution in [0.5, 0.6) is 0 Å². The normalized spacial score (nSPS) is 12.0. The molecule has 0 aliphatic carbocycles. The number of benzene rings is 1. The molecule has 0 fully saturated rings. The summed E-state index contributed by atoms with van der Waals surface area (Å²) in [7, 11) is 0. The average Bonchev–Trinajstić information content (AvgIpc) is 2.53. The average molecular weight is 338 g/mol. The Morgan fingerprint density at radius 3 is 2.48 bits per heavy atom. The minimum Gasteiger partial charge on any atom is -0.352 e. The molecule has 128 valence electrons. The van der Waals surface area contributed by atoms with Crippen LogP contribution in [-0.2, 0) is 16.1 Å². The lowest BCUT2D eigenvalue weighted by Gasteiger charge is -2.17. The van der Waals surface area contributed by atoms with Gasteiger partial charge in [-0.15, -0.1) is 0 Å². The van der Waals surface area contributed by atoms with Crippen LogP contribution in [0.1, 0.15) is 38.7 Å². The van der Waals surface area contributed by atoms with Crippen LogP contribution >= 0.6 is 11.8 Å². The highest BCUT2D eigenvalue weighted by molar-refractivity contribution is 7.99. The van der Waals surface area contributed by atoms with E-state index >= 15 is 0 Å². The number of hydroxylamine groups is 1. The second kappa shape index (κ2) is 11.1. The van der Waals surface area contributed by atoms with Gasteiger partial charge in [-0.3, -0.25) is 14.8 Å². The minimum absolute atomic E-state index is 0.0104. The molecule has 1 aromatic rings. The first-order valence-electron chi connectivity index (χ1n) is 7.86. The summed E-state index contributed by atoms with van der Waals surface area (Å²) in [5, 5.41) is 11.6. The van der Waals surface area contributed by atoms with Gasteiger partial charge in [-0.1, -0.05) is 44.2 Å². The molecule has 0 heterocycles. The molecule has 1 unspecified atom stereocenters. The Bertz CT molecular complexity index is 480. The SMILES string of the molecule is CC(C)CC(CC(=O)NO)SCCC(=O)NCc1ccccc1. The summed E-state index contributed by atoms with van der Waals surface area (Å²) in [6, 6.07) is 9.78. The van der Waals surface area contributed by atoms with E-state index in [1.807, 2.05) is 30.3 Å². The largest absolute Gasteiger partial charge is 0.352 e. The highest BCUT2D eigenvalue weighted by Crippen LogP contribution is 2.23. The Labute approximate surface area is 142 Å². The minimum atomic E-state index is -0.378. The topological polar surface area (TPSA) is 78.4 Å². The molecule has 0 saturated heterocycles. The smallest absolute Gasteiger partial charge is 0.244 e. The number of carbonyl (C=O) groups is 2. The molecule has 23 heavy (non-hydrogen) atoms. The van der Waals surface area contributed by atoms with E-state index in [0.717, 1.165) is 12.0 Å². The predicted molar refractivity (Wildman–Crippen MR) is 93.2 cm³/mol. The lowest BCUT2D eigenvalue weighted by molar-refractivity contribution is -0.129. The van der Waals surface area contributed by atoms with Crippen molar-refractivity contribution in [3.8, 4) is 0 Å². The third kappa shape index (κ3) is 9.25. The Kier molecular flexibility index (Phi) is 9.40. The van der Waals surface area contributed by atoms with Gasteiger partial charge in [-0.2, -0.15) is 11.8 Å². The molecule has 5 nitrogen and oxygen atoms in total. The zero-order valence-corrected chi connectivity index (χ0v) is 14.6. The van der Waals surface area contributed by atoms with Crippen molar-refractivity contribution in [2.24, 2.45) is 5.92 Å². The second-order valence-corrected chi connectivity index (χ2v) is 7.28. The second-order valence-electron chi connectivity index (χ2n) is 5.87. The van der Waals surface area contributed by atoms with E-state index in [1.54, 1.807) is 17.2 Å². The molecule has 0 spiro atoms. The first-order valence-corrected chi connectivity index (χ1v) is 8.91. The Hall–Kier alpha value is -1.53. The quantitative estimate of drug-likeness (QED) is 0.453. The lowest BCUT2D eigenvalue weighted by atomic mass is 10.1. The summed E-state index contributed by atoms with van der Waals surface area (Å²) in [6.45, 7) is 4.72. The molecular formula is C17H26N2O3S. The monoisotopic (exact) mass is 338 g/mol. The van der Waals surface area contributed by atoms with Crippen LogP contribution in [0.15, 0.2) is 30.3 Å². The molecule has 0 bridgehead atoms. The number of thioether (sulfide) groups is 1. The van der Waals surface area contributed by atoms with Crippen LogP contribution in [0.2, 0.25) is 0 Å².